The summed E-state index contributed by atoms with van der Waals surface area (Å²) in [6.07, 6.45) is 0. The number of benzene rings is 1. The van der Waals surface area contributed by atoms with Gasteiger partial charge in [-0.15, -0.1) is 0 Å². The Morgan fingerprint density at radius 3 is 2.36 bits per heavy atom. The molecule has 2 unspecified atom stereocenters. The van der Waals surface area contributed by atoms with Crippen LogP contribution in [0, 0.1) is 20.2 Å². The normalized spacial score (nSPS) is 13.0. The van der Waals surface area contributed by atoms with Crippen molar-refractivity contribution in [1.29, 1.82) is 0 Å². The summed E-state index contributed by atoms with van der Waals surface area (Å²) in [6, 6.07) is 4.00. The van der Waals surface area contributed by atoms with E-state index in [1.807, 2.05) is 0 Å². The average molecular weight is 377 g/mol. The second-order valence-electron chi connectivity index (χ2n) is 3.96. The van der Waals surface area contributed by atoms with Gasteiger partial charge in [0.1, 0.15) is 0 Å². The molecule has 22 heavy (non-hydrogen) atoms. The molecular weight excluding hydrogens is 364 g/mol. The zero-order valence-corrected chi connectivity index (χ0v) is 13.0. The molecule has 120 valence electrons. The number of hydrogen-bond acceptors (Lipinski definition) is 8. The van der Waals surface area contributed by atoms with Crippen molar-refractivity contribution >= 4 is 33.3 Å². The fourth-order valence-corrected chi connectivity index (χ4v) is 1.77. The number of nitrogens with zero attached hydrogens (tertiary/aromatic N) is 2. The zero-order chi connectivity index (χ0) is 16.7. The molecule has 1 aromatic carbocycles. The number of esters is 1. The van der Waals surface area contributed by atoms with Gasteiger partial charge in [0.05, 0.1) is 11.5 Å². The van der Waals surface area contributed by atoms with E-state index in [1.165, 1.54) is 24.3 Å². The number of anilines is 1. The van der Waals surface area contributed by atoms with Gasteiger partial charge in [-0.2, -0.15) is 0 Å². The van der Waals surface area contributed by atoms with Crippen LogP contribution in [0.1, 0.15) is 6.92 Å². The van der Waals surface area contributed by atoms with Gasteiger partial charge in [-0.25, -0.2) is 10.2 Å². The van der Waals surface area contributed by atoms with Crippen LogP contribution in [0.5, 0.6) is 0 Å². The summed E-state index contributed by atoms with van der Waals surface area (Å²) < 4.78 is 4.75. The molecule has 0 spiro atoms. The molecule has 0 aliphatic rings. The van der Waals surface area contributed by atoms with Crippen LogP contribution in [0.3, 0.4) is 0 Å². The molecule has 0 aliphatic carbocycles. The van der Waals surface area contributed by atoms with Crippen molar-refractivity contribution in [3.05, 3.63) is 44.5 Å². The first-order valence-electron chi connectivity index (χ1n) is 6.07. The number of nitro groups is 2. The van der Waals surface area contributed by atoms with Gasteiger partial charge in [-0.3, -0.25) is 20.2 Å². The highest BCUT2D eigenvalue weighted by Crippen LogP contribution is 2.15. The monoisotopic (exact) mass is 376 g/mol. The predicted molar refractivity (Wildman–Crippen MR) is 80.0 cm³/mol. The number of ether oxygens (including phenoxy) is 1. The molecule has 11 heteroatoms. The largest absolute Gasteiger partial charge is 0.465 e. The third kappa shape index (κ3) is 4.93. The molecule has 0 heterocycles. The van der Waals surface area contributed by atoms with Crippen molar-refractivity contribution in [2.45, 2.75) is 17.9 Å². The lowest BCUT2D eigenvalue weighted by Gasteiger charge is -2.18. The van der Waals surface area contributed by atoms with Gasteiger partial charge < -0.3 is 10.2 Å². The number of carbonyl (C=O) groups excluding carboxylic acids is 1. The van der Waals surface area contributed by atoms with Gasteiger partial charge in [0.15, 0.2) is 0 Å². The molecular formula is C11H13BrN4O6. The maximum Gasteiger partial charge on any atom is 0.333 e. The van der Waals surface area contributed by atoms with Crippen molar-refractivity contribution < 1.29 is 19.4 Å². The van der Waals surface area contributed by atoms with Crippen LogP contribution in [0.15, 0.2) is 24.3 Å². The molecule has 0 saturated carbocycles. The second-order valence-corrected chi connectivity index (χ2v) is 4.90. The standard InChI is InChI=1S/C11H13BrN4O6/c1-2-22-11(17)9(10(12)16(20)21)14-13-7-3-5-8(6-4-7)15(18)19/h3-6,9-10,13-14H,2H2,1H3. The Balaban J connectivity index is 2.75. The molecule has 2 N–H and O–H groups in total. The van der Waals surface area contributed by atoms with Gasteiger partial charge >= 0.3 is 5.97 Å². The molecule has 0 fully saturated rings. The Labute approximate surface area is 133 Å². The van der Waals surface area contributed by atoms with E-state index in [0.29, 0.717) is 5.69 Å². The minimum Gasteiger partial charge on any atom is -0.465 e. The Hall–Kier alpha value is -2.27. The summed E-state index contributed by atoms with van der Waals surface area (Å²) in [5.41, 5.74) is 5.34. The number of alkyl halides is 1. The molecule has 2 atom stereocenters. The van der Waals surface area contributed by atoms with E-state index in [2.05, 4.69) is 26.8 Å². The van der Waals surface area contributed by atoms with Gasteiger partial charge in [-0.1, -0.05) is 0 Å². The number of rotatable bonds is 8. The molecule has 0 bridgehead atoms. The number of hydrogen-bond donors (Lipinski definition) is 2. The topological polar surface area (TPSA) is 137 Å². The summed E-state index contributed by atoms with van der Waals surface area (Å²) in [5.74, 6) is -0.810. The van der Waals surface area contributed by atoms with Gasteiger partial charge in [0, 0.05) is 22.7 Å². The summed E-state index contributed by atoms with van der Waals surface area (Å²) in [4.78, 5) is 30.4. The van der Waals surface area contributed by atoms with Crippen LogP contribution in [-0.4, -0.2) is 33.4 Å². The van der Waals surface area contributed by atoms with Crippen LogP contribution in [0.4, 0.5) is 11.4 Å². The maximum atomic E-state index is 11.7. The lowest BCUT2D eigenvalue weighted by Crippen LogP contribution is -2.49. The minimum absolute atomic E-state index is 0.0754. The van der Waals surface area contributed by atoms with Gasteiger partial charge in [-0.05, 0) is 35.0 Å². The fourth-order valence-electron chi connectivity index (χ4n) is 1.42. The van der Waals surface area contributed by atoms with Crippen molar-refractivity contribution in [2.75, 3.05) is 12.0 Å². The number of nitro benzene ring substituents is 1. The van der Waals surface area contributed by atoms with E-state index < -0.39 is 26.8 Å². The molecule has 0 aliphatic heterocycles. The van der Waals surface area contributed by atoms with Crippen molar-refractivity contribution in [2.24, 2.45) is 0 Å². The molecule has 0 amide bonds. The maximum absolute atomic E-state index is 11.7. The van der Waals surface area contributed by atoms with Gasteiger partial charge in [0.2, 0.25) is 6.04 Å². The Kier molecular flexibility index (Phi) is 6.66. The summed E-state index contributed by atoms with van der Waals surface area (Å²) in [7, 11) is 0. The first-order chi connectivity index (χ1) is 10.4. The molecule has 0 saturated heterocycles. The fraction of sp³-hybridized carbons (Fsp3) is 0.364. The lowest BCUT2D eigenvalue weighted by molar-refractivity contribution is -0.494. The smallest absolute Gasteiger partial charge is 0.333 e. The number of halogens is 1. The zero-order valence-electron chi connectivity index (χ0n) is 11.4. The quantitative estimate of drug-likeness (QED) is 0.228. The highest BCUT2D eigenvalue weighted by atomic mass is 79.9. The third-order valence-corrected chi connectivity index (χ3v) is 3.33. The first kappa shape index (κ1) is 17.8. The van der Waals surface area contributed by atoms with Crippen molar-refractivity contribution in [3.8, 4) is 0 Å². The van der Waals surface area contributed by atoms with E-state index in [1.54, 1.807) is 6.92 Å². The Bertz CT molecular complexity index is 552. The summed E-state index contributed by atoms with van der Waals surface area (Å²) in [5, 5.41) is 21.3. The van der Waals surface area contributed by atoms with Crippen LogP contribution >= 0.6 is 15.9 Å². The van der Waals surface area contributed by atoms with Crippen LogP contribution < -0.4 is 10.9 Å². The summed E-state index contributed by atoms with van der Waals surface area (Å²) in [6.45, 7) is 1.65. The second kappa shape index (κ2) is 8.24. The lowest BCUT2D eigenvalue weighted by atomic mass is 10.3. The van der Waals surface area contributed by atoms with Crippen molar-refractivity contribution in [1.82, 2.24) is 5.43 Å². The first-order valence-corrected chi connectivity index (χ1v) is 6.98. The minimum atomic E-state index is -1.41. The van der Waals surface area contributed by atoms with Gasteiger partial charge in [0.25, 0.3) is 10.6 Å². The third-order valence-electron chi connectivity index (χ3n) is 2.47. The number of non-ortho nitro benzene ring substituents is 1. The molecule has 0 radical (unpaired) electrons. The van der Waals surface area contributed by atoms with E-state index in [0.717, 1.165) is 0 Å². The number of carbonyl (C=O) groups is 1. The summed E-state index contributed by atoms with van der Waals surface area (Å²) >= 11 is 2.79. The van der Waals surface area contributed by atoms with Crippen molar-refractivity contribution in [3.63, 3.8) is 0 Å². The number of nitrogens with one attached hydrogen (secondary N) is 2. The Morgan fingerprint density at radius 1 is 1.32 bits per heavy atom. The van der Waals surface area contributed by atoms with E-state index in [4.69, 9.17) is 4.74 Å². The van der Waals surface area contributed by atoms with E-state index >= 15 is 0 Å². The Morgan fingerprint density at radius 2 is 1.91 bits per heavy atom. The van der Waals surface area contributed by atoms with E-state index in [9.17, 15) is 25.0 Å². The van der Waals surface area contributed by atoms with Crippen LogP contribution in [0.25, 0.3) is 0 Å². The highest BCUT2D eigenvalue weighted by Gasteiger charge is 2.36. The highest BCUT2D eigenvalue weighted by molar-refractivity contribution is 9.09. The number of hydrazine groups is 1. The predicted octanol–water partition coefficient (Wildman–Crippen LogP) is 1.44. The van der Waals surface area contributed by atoms with Crippen LogP contribution in [-0.2, 0) is 9.53 Å². The molecule has 10 nitrogen and oxygen atoms in total. The average Bonchev–Trinajstić information content (AvgIpc) is 2.47. The van der Waals surface area contributed by atoms with Crippen LogP contribution in [0.2, 0.25) is 0 Å². The molecule has 1 aromatic rings. The SMILES string of the molecule is CCOC(=O)C(NNc1ccc([N+](=O)[O-])cc1)C(Br)[N+](=O)[O-]. The van der Waals surface area contributed by atoms with E-state index in [-0.39, 0.29) is 12.3 Å². The molecule has 1 rings (SSSR count). The molecule has 0 aromatic heterocycles.